The van der Waals surface area contributed by atoms with Crippen molar-refractivity contribution in [1.82, 2.24) is 0 Å². The molecular weight excluding hydrogens is 236 g/mol. The van der Waals surface area contributed by atoms with Gasteiger partial charge in [0.1, 0.15) is 6.10 Å². The lowest BCUT2D eigenvalue weighted by molar-refractivity contribution is -0.139. The fourth-order valence-corrected chi connectivity index (χ4v) is 2.48. The van der Waals surface area contributed by atoms with Crippen LogP contribution in [0.3, 0.4) is 0 Å². The number of hydrogen-bond donors (Lipinski definition) is 0. The summed E-state index contributed by atoms with van der Waals surface area (Å²) >= 11 is 0. The first-order valence-electron chi connectivity index (χ1n) is 7.76. The molecule has 0 fully saturated rings. The van der Waals surface area contributed by atoms with Crippen LogP contribution in [0.4, 0.5) is 0 Å². The maximum atomic E-state index is 11.4. The third-order valence-corrected chi connectivity index (χ3v) is 3.60. The van der Waals surface area contributed by atoms with Crippen molar-refractivity contribution in [2.45, 2.75) is 77.2 Å². The number of carbonyl (C=O) groups is 1. The van der Waals surface area contributed by atoms with E-state index in [1.807, 2.05) is 19.1 Å². The normalized spacial score (nSPS) is 18.3. The van der Waals surface area contributed by atoms with E-state index in [4.69, 9.17) is 4.74 Å². The van der Waals surface area contributed by atoms with Crippen molar-refractivity contribution in [2.24, 2.45) is 0 Å². The fourth-order valence-electron chi connectivity index (χ4n) is 2.48. The van der Waals surface area contributed by atoms with Crippen LogP contribution >= 0.6 is 0 Å². The summed E-state index contributed by atoms with van der Waals surface area (Å²) in [4.78, 5) is 11.4. The molecule has 1 rings (SSSR count). The number of ether oxygens (including phenoxy) is 1. The lowest BCUT2D eigenvalue weighted by Crippen LogP contribution is -2.03. The highest BCUT2D eigenvalue weighted by Crippen LogP contribution is 2.19. The van der Waals surface area contributed by atoms with Gasteiger partial charge in [-0.05, 0) is 38.7 Å². The molecule has 108 valence electrons. The van der Waals surface area contributed by atoms with Crippen LogP contribution in [-0.2, 0) is 9.53 Å². The molecule has 1 heterocycles. The molecule has 0 aromatic rings. The molecule has 1 atom stereocenters. The van der Waals surface area contributed by atoms with Crippen LogP contribution in [0, 0.1) is 0 Å². The van der Waals surface area contributed by atoms with Gasteiger partial charge < -0.3 is 4.74 Å². The molecule has 0 saturated carbocycles. The monoisotopic (exact) mass is 264 g/mol. The van der Waals surface area contributed by atoms with Crippen molar-refractivity contribution in [3.63, 3.8) is 0 Å². The van der Waals surface area contributed by atoms with Crippen LogP contribution in [0.5, 0.6) is 0 Å². The minimum absolute atomic E-state index is 0.0157. The summed E-state index contributed by atoms with van der Waals surface area (Å²) in [5.74, 6) is -0.102. The van der Waals surface area contributed by atoms with Gasteiger partial charge in [0.25, 0.3) is 0 Å². The molecular formula is C17H28O2. The summed E-state index contributed by atoms with van der Waals surface area (Å²) in [6.07, 6.45) is 16.3. The second-order valence-electron chi connectivity index (χ2n) is 5.46. The van der Waals surface area contributed by atoms with Gasteiger partial charge in [0.2, 0.25) is 0 Å². The smallest absolute Gasteiger partial charge is 0.334 e. The van der Waals surface area contributed by atoms with Crippen molar-refractivity contribution in [3.05, 3.63) is 24.3 Å². The van der Waals surface area contributed by atoms with E-state index in [1.165, 1.54) is 44.9 Å². The average molecular weight is 264 g/mol. The summed E-state index contributed by atoms with van der Waals surface area (Å²) in [5.41, 5.74) is 0.886. The zero-order valence-electron chi connectivity index (χ0n) is 12.3. The predicted molar refractivity (Wildman–Crippen MR) is 80.0 cm³/mol. The Morgan fingerprint density at radius 2 is 1.68 bits per heavy atom. The molecule has 1 aliphatic rings. The van der Waals surface area contributed by atoms with Gasteiger partial charge in [0.05, 0.1) is 0 Å². The Morgan fingerprint density at radius 1 is 1.11 bits per heavy atom. The Morgan fingerprint density at radius 3 is 2.21 bits per heavy atom. The highest BCUT2D eigenvalue weighted by molar-refractivity contribution is 5.90. The lowest BCUT2D eigenvalue weighted by Gasteiger charge is -2.02. The van der Waals surface area contributed by atoms with E-state index in [9.17, 15) is 4.79 Å². The van der Waals surface area contributed by atoms with Gasteiger partial charge in [0.15, 0.2) is 0 Å². The minimum atomic E-state index is -0.102. The largest absolute Gasteiger partial charge is 0.455 e. The Kier molecular flexibility index (Phi) is 8.28. The molecule has 0 radical (unpaired) electrons. The molecule has 0 N–H and O–H groups in total. The second kappa shape index (κ2) is 9.82. The molecule has 1 aliphatic heterocycles. The topological polar surface area (TPSA) is 26.3 Å². The number of allylic oxidation sites excluding steroid dienone is 1. The highest BCUT2D eigenvalue weighted by Gasteiger charge is 2.20. The van der Waals surface area contributed by atoms with Crippen LogP contribution in [-0.4, -0.2) is 12.1 Å². The number of carbonyl (C=O) groups excluding carboxylic acids is 1. The summed E-state index contributed by atoms with van der Waals surface area (Å²) in [6.45, 7) is 5.65. The van der Waals surface area contributed by atoms with Gasteiger partial charge in [-0.3, -0.25) is 0 Å². The van der Waals surface area contributed by atoms with E-state index in [2.05, 4.69) is 6.58 Å². The van der Waals surface area contributed by atoms with Gasteiger partial charge >= 0.3 is 5.97 Å². The number of esters is 1. The molecule has 0 amide bonds. The second-order valence-corrected chi connectivity index (χ2v) is 5.46. The molecule has 0 aromatic carbocycles. The highest BCUT2D eigenvalue weighted by atomic mass is 16.5. The molecule has 2 nitrogen and oxygen atoms in total. The molecule has 0 aromatic heterocycles. The van der Waals surface area contributed by atoms with E-state index in [1.54, 1.807) is 0 Å². The molecule has 0 aliphatic carbocycles. The first-order chi connectivity index (χ1) is 9.24. The quantitative estimate of drug-likeness (QED) is 0.300. The average Bonchev–Trinajstić information content (AvgIpc) is 2.70. The number of cyclic esters (lactones) is 1. The van der Waals surface area contributed by atoms with Crippen molar-refractivity contribution >= 4 is 5.97 Å². The zero-order valence-corrected chi connectivity index (χ0v) is 12.3. The Labute approximate surface area is 117 Å². The maximum Gasteiger partial charge on any atom is 0.334 e. The van der Waals surface area contributed by atoms with Crippen molar-refractivity contribution in [3.8, 4) is 0 Å². The van der Waals surface area contributed by atoms with E-state index in [0.29, 0.717) is 0 Å². The molecule has 2 heteroatoms. The van der Waals surface area contributed by atoms with Gasteiger partial charge in [-0.15, -0.1) is 6.58 Å². The van der Waals surface area contributed by atoms with E-state index < -0.39 is 0 Å². The summed E-state index contributed by atoms with van der Waals surface area (Å²) in [6, 6.07) is 0. The molecule has 0 spiro atoms. The van der Waals surface area contributed by atoms with Gasteiger partial charge in [-0.2, -0.15) is 0 Å². The fraction of sp³-hybridized carbons (Fsp3) is 0.706. The van der Waals surface area contributed by atoms with E-state index in [-0.39, 0.29) is 12.1 Å². The standard InChI is InChI=1S/C17H28O2/c1-3-4-5-6-7-8-9-10-11-12-13-16-14-15(2)19-17(16)18/h3,14-15H,1,4-13H2,2H3. The Hall–Kier alpha value is -1.05. The van der Waals surface area contributed by atoms with Crippen LogP contribution in [0.1, 0.15) is 71.1 Å². The number of rotatable bonds is 11. The molecule has 19 heavy (non-hydrogen) atoms. The first-order valence-corrected chi connectivity index (χ1v) is 7.76. The molecule has 0 bridgehead atoms. The third kappa shape index (κ3) is 7.19. The van der Waals surface area contributed by atoms with Crippen molar-refractivity contribution in [2.75, 3.05) is 0 Å². The van der Waals surface area contributed by atoms with Gasteiger partial charge in [0, 0.05) is 5.57 Å². The van der Waals surface area contributed by atoms with E-state index >= 15 is 0 Å². The maximum absolute atomic E-state index is 11.4. The van der Waals surface area contributed by atoms with Crippen LogP contribution in [0.2, 0.25) is 0 Å². The minimum Gasteiger partial charge on any atom is -0.455 e. The SMILES string of the molecule is C=CCCCCCCCCCCC1=CC(C)OC1=O. The van der Waals surface area contributed by atoms with Gasteiger partial charge in [-0.1, -0.05) is 44.6 Å². The van der Waals surface area contributed by atoms with Crippen LogP contribution in [0.15, 0.2) is 24.3 Å². The van der Waals surface area contributed by atoms with E-state index in [0.717, 1.165) is 24.8 Å². The summed E-state index contributed by atoms with van der Waals surface area (Å²) in [5, 5.41) is 0. The van der Waals surface area contributed by atoms with Crippen molar-refractivity contribution < 1.29 is 9.53 Å². The lowest BCUT2D eigenvalue weighted by atomic mass is 10.0. The Bertz CT molecular complexity index is 304. The molecule has 1 unspecified atom stereocenters. The van der Waals surface area contributed by atoms with Crippen LogP contribution in [0.25, 0.3) is 0 Å². The zero-order chi connectivity index (χ0) is 13.9. The number of unbranched alkanes of at least 4 members (excludes halogenated alkanes) is 8. The summed E-state index contributed by atoms with van der Waals surface area (Å²) < 4.78 is 5.08. The van der Waals surface area contributed by atoms with Gasteiger partial charge in [-0.25, -0.2) is 4.79 Å². The van der Waals surface area contributed by atoms with Crippen LogP contribution < -0.4 is 0 Å². The summed E-state index contributed by atoms with van der Waals surface area (Å²) in [7, 11) is 0. The molecule has 0 saturated heterocycles. The Balaban J connectivity index is 1.88. The van der Waals surface area contributed by atoms with Crippen molar-refractivity contribution in [1.29, 1.82) is 0 Å². The third-order valence-electron chi connectivity index (χ3n) is 3.60. The number of hydrogen-bond acceptors (Lipinski definition) is 2. The predicted octanol–water partition coefficient (Wildman–Crippen LogP) is 4.95. The first kappa shape index (κ1) is 16.0.